The largest absolute Gasteiger partial charge is 0.497 e. The molecule has 2 heterocycles. The first-order chi connectivity index (χ1) is 12.8. The summed E-state index contributed by atoms with van der Waals surface area (Å²) in [5, 5.41) is 5.33. The number of likely N-dealkylation sites (tertiary alicyclic amines) is 1. The number of nitrogens with one attached hydrogen (secondary N) is 1. The van der Waals surface area contributed by atoms with Gasteiger partial charge in [-0.05, 0) is 61.5 Å². The highest BCUT2D eigenvalue weighted by Crippen LogP contribution is 2.27. The van der Waals surface area contributed by atoms with E-state index in [0.717, 1.165) is 31.8 Å². The minimum atomic E-state index is 0.265. The smallest absolute Gasteiger partial charge is 0.188 e. The molecular formula is C20H28N4OS. The Morgan fingerprint density at radius 3 is 2.69 bits per heavy atom. The van der Waals surface area contributed by atoms with Crippen LogP contribution >= 0.6 is 11.3 Å². The molecule has 3 rings (SSSR count). The zero-order valence-corrected chi connectivity index (χ0v) is 16.2. The molecule has 1 unspecified atom stereocenters. The van der Waals surface area contributed by atoms with Crippen molar-refractivity contribution in [3.63, 3.8) is 0 Å². The van der Waals surface area contributed by atoms with Crippen LogP contribution < -0.4 is 15.8 Å². The van der Waals surface area contributed by atoms with Gasteiger partial charge in [-0.25, -0.2) is 0 Å². The summed E-state index contributed by atoms with van der Waals surface area (Å²) in [6.45, 7) is 3.73. The number of methoxy groups -OCH3 is 1. The minimum absolute atomic E-state index is 0.265. The summed E-state index contributed by atoms with van der Waals surface area (Å²) >= 11 is 1.77. The summed E-state index contributed by atoms with van der Waals surface area (Å²) in [6.07, 6.45) is 3.48. The van der Waals surface area contributed by atoms with Crippen LogP contribution in [0.4, 0.5) is 0 Å². The Morgan fingerprint density at radius 1 is 1.27 bits per heavy atom. The van der Waals surface area contributed by atoms with E-state index < -0.39 is 0 Å². The van der Waals surface area contributed by atoms with E-state index in [-0.39, 0.29) is 6.04 Å². The molecule has 1 fully saturated rings. The van der Waals surface area contributed by atoms with Gasteiger partial charge in [-0.1, -0.05) is 18.2 Å². The first-order valence-corrected chi connectivity index (χ1v) is 10.1. The zero-order valence-electron chi connectivity index (χ0n) is 15.4. The van der Waals surface area contributed by atoms with E-state index in [1.54, 1.807) is 18.4 Å². The molecule has 1 aliphatic heterocycles. The maximum atomic E-state index is 6.09. The highest BCUT2D eigenvalue weighted by Gasteiger charge is 2.23. The average Bonchev–Trinajstić information content (AvgIpc) is 3.36. The van der Waals surface area contributed by atoms with Gasteiger partial charge in [0, 0.05) is 11.4 Å². The van der Waals surface area contributed by atoms with Crippen LogP contribution in [0.15, 0.2) is 46.8 Å². The van der Waals surface area contributed by atoms with Gasteiger partial charge < -0.3 is 15.8 Å². The molecule has 3 N–H and O–H groups in total. The fourth-order valence-electron chi connectivity index (χ4n) is 3.32. The maximum absolute atomic E-state index is 6.09. The third-order valence-corrected chi connectivity index (χ3v) is 5.71. The van der Waals surface area contributed by atoms with Crippen LogP contribution in [0.25, 0.3) is 0 Å². The standard InChI is InChI=1S/C20H28N4OS/c1-25-17-8-6-16(7-9-17)19(24-12-2-3-13-24)15-23-20(21)22-11-10-18-5-4-14-26-18/h4-9,14,19H,2-3,10-13,15H2,1H3,(H3,21,22,23). The van der Waals surface area contributed by atoms with E-state index in [2.05, 4.69) is 44.9 Å². The Morgan fingerprint density at radius 2 is 2.04 bits per heavy atom. The lowest BCUT2D eigenvalue weighted by atomic mass is 10.1. The van der Waals surface area contributed by atoms with Crippen LogP contribution in [0.3, 0.4) is 0 Å². The molecular weight excluding hydrogens is 344 g/mol. The predicted octanol–water partition coefficient (Wildman–Crippen LogP) is 3.04. The Kier molecular flexibility index (Phi) is 6.91. The molecule has 0 spiro atoms. The highest BCUT2D eigenvalue weighted by molar-refractivity contribution is 7.09. The van der Waals surface area contributed by atoms with Crippen molar-refractivity contribution < 1.29 is 4.74 Å². The summed E-state index contributed by atoms with van der Waals surface area (Å²) in [5.74, 6) is 1.41. The number of aliphatic imine (C=N–C) groups is 1. The van der Waals surface area contributed by atoms with Gasteiger partial charge >= 0.3 is 0 Å². The van der Waals surface area contributed by atoms with Crippen LogP contribution in [0.5, 0.6) is 5.75 Å². The van der Waals surface area contributed by atoms with Crippen molar-refractivity contribution in [2.24, 2.45) is 10.7 Å². The second kappa shape index (κ2) is 9.59. The number of thiophene rings is 1. The Hall–Kier alpha value is -2.05. The van der Waals surface area contributed by atoms with Crippen molar-refractivity contribution in [2.75, 3.05) is 33.3 Å². The van der Waals surface area contributed by atoms with Crippen molar-refractivity contribution >= 4 is 17.3 Å². The zero-order chi connectivity index (χ0) is 18.2. The first kappa shape index (κ1) is 18.7. The number of nitrogens with zero attached hydrogens (tertiary/aromatic N) is 2. The topological polar surface area (TPSA) is 62.9 Å². The average molecular weight is 373 g/mol. The number of guanidine groups is 1. The minimum Gasteiger partial charge on any atom is -0.497 e. The third-order valence-electron chi connectivity index (χ3n) is 4.77. The molecule has 1 aliphatic rings. The van der Waals surface area contributed by atoms with E-state index in [1.807, 2.05) is 12.1 Å². The summed E-state index contributed by atoms with van der Waals surface area (Å²) in [5.41, 5.74) is 7.35. The first-order valence-electron chi connectivity index (χ1n) is 9.20. The van der Waals surface area contributed by atoms with Gasteiger partial charge in [0.2, 0.25) is 0 Å². The summed E-state index contributed by atoms with van der Waals surface area (Å²) in [7, 11) is 1.69. The van der Waals surface area contributed by atoms with Crippen LogP contribution in [0.1, 0.15) is 29.3 Å². The molecule has 1 aromatic heterocycles. The van der Waals surface area contributed by atoms with Gasteiger partial charge in [0.15, 0.2) is 5.96 Å². The summed E-state index contributed by atoms with van der Waals surface area (Å²) < 4.78 is 5.28. The van der Waals surface area contributed by atoms with Gasteiger partial charge in [-0.2, -0.15) is 0 Å². The predicted molar refractivity (Wildman–Crippen MR) is 109 cm³/mol. The van der Waals surface area contributed by atoms with E-state index in [9.17, 15) is 0 Å². The number of hydrogen-bond donors (Lipinski definition) is 2. The molecule has 0 aliphatic carbocycles. The summed E-state index contributed by atoms with van der Waals surface area (Å²) in [6, 6.07) is 12.8. The molecule has 0 amide bonds. The molecule has 0 saturated carbocycles. The maximum Gasteiger partial charge on any atom is 0.188 e. The molecule has 140 valence electrons. The van der Waals surface area contributed by atoms with Gasteiger partial charge in [0.25, 0.3) is 0 Å². The second-order valence-corrected chi connectivity index (χ2v) is 7.55. The van der Waals surface area contributed by atoms with Crippen LogP contribution in [0, 0.1) is 0 Å². The Balaban J connectivity index is 1.59. The lowest BCUT2D eigenvalue weighted by Gasteiger charge is -2.27. The normalized spacial score (nSPS) is 16.6. The second-order valence-electron chi connectivity index (χ2n) is 6.51. The van der Waals surface area contributed by atoms with E-state index in [4.69, 9.17) is 10.5 Å². The molecule has 26 heavy (non-hydrogen) atoms. The van der Waals surface area contributed by atoms with Crippen molar-refractivity contribution in [2.45, 2.75) is 25.3 Å². The molecule has 5 nitrogen and oxygen atoms in total. The lowest BCUT2D eigenvalue weighted by Crippen LogP contribution is -2.35. The monoisotopic (exact) mass is 372 g/mol. The van der Waals surface area contributed by atoms with Gasteiger partial charge in [-0.15, -0.1) is 11.3 Å². The SMILES string of the molecule is COc1ccc(C(CN=C(N)NCCc2cccs2)N2CCCC2)cc1. The number of rotatable bonds is 8. The molecule has 6 heteroatoms. The van der Waals surface area contributed by atoms with Gasteiger partial charge in [0.1, 0.15) is 5.75 Å². The third kappa shape index (κ3) is 5.22. The van der Waals surface area contributed by atoms with E-state index in [1.165, 1.54) is 23.3 Å². The van der Waals surface area contributed by atoms with Crippen LogP contribution in [-0.4, -0.2) is 44.1 Å². The summed E-state index contributed by atoms with van der Waals surface area (Å²) in [4.78, 5) is 8.48. The molecule has 2 aromatic rings. The number of ether oxygens (including phenoxy) is 1. The quantitative estimate of drug-likeness (QED) is 0.552. The Bertz CT molecular complexity index is 678. The van der Waals surface area contributed by atoms with Crippen molar-refractivity contribution in [3.8, 4) is 5.75 Å². The van der Waals surface area contributed by atoms with E-state index in [0.29, 0.717) is 12.5 Å². The fraction of sp³-hybridized carbons (Fsp3) is 0.450. The van der Waals surface area contributed by atoms with Crippen LogP contribution in [0.2, 0.25) is 0 Å². The molecule has 0 radical (unpaired) electrons. The fourth-order valence-corrected chi connectivity index (χ4v) is 4.03. The number of nitrogens with two attached hydrogens (primary N) is 1. The number of hydrogen-bond acceptors (Lipinski definition) is 4. The Labute approximate surface area is 159 Å². The van der Waals surface area contributed by atoms with Crippen molar-refractivity contribution in [1.29, 1.82) is 0 Å². The van der Waals surface area contributed by atoms with Crippen LogP contribution in [-0.2, 0) is 6.42 Å². The lowest BCUT2D eigenvalue weighted by molar-refractivity contribution is 0.251. The van der Waals surface area contributed by atoms with Crippen molar-refractivity contribution in [1.82, 2.24) is 10.2 Å². The molecule has 1 atom stereocenters. The molecule has 1 saturated heterocycles. The van der Waals surface area contributed by atoms with Crippen molar-refractivity contribution in [3.05, 3.63) is 52.2 Å². The number of benzene rings is 1. The van der Waals surface area contributed by atoms with Gasteiger partial charge in [-0.3, -0.25) is 9.89 Å². The van der Waals surface area contributed by atoms with Gasteiger partial charge in [0.05, 0.1) is 19.7 Å². The highest BCUT2D eigenvalue weighted by atomic mass is 32.1. The molecule has 0 bridgehead atoms. The van der Waals surface area contributed by atoms with E-state index >= 15 is 0 Å². The molecule has 1 aromatic carbocycles.